The number of aliphatic hydroxyl groups excluding tert-OH is 1. The van der Waals surface area contributed by atoms with E-state index >= 15 is 0 Å². The Morgan fingerprint density at radius 2 is 1.43 bits per heavy atom. The van der Waals surface area contributed by atoms with Gasteiger partial charge in [-0.05, 0) is 11.1 Å². The van der Waals surface area contributed by atoms with Gasteiger partial charge in [0.25, 0.3) is 0 Å². The molecule has 0 spiro atoms. The van der Waals surface area contributed by atoms with E-state index < -0.39 is 30.7 Å². The minimum Gasteiger partial charge on any atom is -0.394 e. The Kier molecular flexibility index (Phi) is 9.01. The normalized spacial score (nSPS) is 26.4. The van der Waals surface area contributed by atoms with Gasteiger partial charge in [0.15, 0.2) is 6.29 Å². The van der Waals surface area contributed by atoms with Crippen molar-refractivity contribution >= 4 is 0 Å². The van der Waals surface area contributed by atoms with E-state index in [0.717, 1.165) is 11.1 Å². The summed E-state index contributed by atoms with van der Waals surface area (Å²) in [6, 6.07) is 19.7. The highest BCUT2D eigenvalue weighted by molar-refractivity contribution is 5.14. The van der Waals surface area contributed by atoms with Crippen molar-refractivity contribution < 1.29 is 28.8 Å². The van der Waals surface area contributed by atoms with Gasteiger partial charge in [-0.1, -0.05) is 66.7 Å². The van der Waals surface area contributed by atoms with Crippen molar-refractivity contribution in [3.63, 3.8) is 0 Å². The van der Waals surface area contributed by atoms with Gasteiger partial charge in [-0.15, -0.1) is 6.58 Å². The molecule has 6 nitrogen and oxygen atoms in total. The Balaban J connectivity index is 1.81. The molecule has 1 aliphatic heterocycles. The standard InChI is InChI=1S/C24H30O6/c1-3-14-27-23-22(29-17-19-12-8-5-9-13-19)21(20(15-25)30-24(23)26-2)28-16-18-10-6-4-7-11-18/h3-13,20-25H,1,14-17H2,2H3/t20-,21+,22-,23+,24-/m0/s1. The van der Waals surface area contributed by atoms with Crippen LogP contribution in [0.5, 0.6) is 0 Å². The van der Waals surface area contributed by atoms with Crippen molar-refractivity contribution in [1.29, 1.82) is 0 Å². The molecule has 6 heteroatoms. The molecule has 162 valence electrons. The first-order valence-electron chi connectivity index (χ1n) is 10.1. The third-order valence-electron chi connectivity index (χ3n) is 4.98. The summed E-state index contributed by atoms with van der Waals surface area (Å²) in [4.78, 5) is 0. The third kappa shape index (κ3) is 5.98. The van der Waals surface area contributed by atoms with Crippen molar-refractivity contribution in [3.8, 4) is 0 Å². The predicted molar refractivity (Wildman–Crippen MR) is 113 cm³/mol. The number of aliphatic hydroxyl groups is 1. The van der Waals surface area contributed by atoms with Gasteiger partial charge in [-0.25, -0.2) is 0 Å². The largest absolute Gasteiger partial charge is 0.394 e. The first-order chi connectivity index (χ1) is 14.8. The lowest BCUT2D eigenvalue weighted by atomic mass is 9.98. The maximum atomic E-state index is 9.96. The quantitative estimate of drug-likeness (QED) is 0.570. The molecule has 0 bridgehead atoms. The van der Waals surface area contributed by atoms with Crippen LogP contribution in [-0.4, -0.2) is 56.1 Å². The van der Waals surface area contributed by atoms with E-state index in [0.29, 0.717) is 19.8 Å². The van der Waals surface area contributed by atoms with Gasteiger partial charge in [0.2, 0.25) is 0 Å². The fourth-order valence-corrected chi connectivity index (χ4v) is 3.49. The van der Waals surface area contributed by atoms with E-state index in [9.17, 15) is 5.11 Å². The van der Waals surface area contributed by atoms with Gasteiger partial charge < -0.3 is 28.8 Å². The maximum Gasteiger partial charge on any atom is 0.186 e. The maximum absolute atomic E-state index is 9.96. The molecule has 0 saturated carbocycles. The Hall–Kier alpha value is -2.06. The zero-order valence-corrected chi connectivity index (χ0v) is 17.3. The average molecular weight is 414 g/mol. The minimum atomic E-state index is -0.695. The lowest BCUT2D eigenvalue weighted by molar-refractivity contribution is -0.318. The lowest BCUT2D eigenvalue weighted by Gasteiger charge is -2.45. The first-order valence-corrected chi connectivity index (χ1v) is 10.1. The van der Waals surface area contributed by atoms with Crippen LogP contribution in [-0.2, 0) is 36.9 Å². The van der Waals surface area contributed by atoms with Crippen molar-refractivity contribution in [3.05, 3.63) is 84.4 Å². The highest BCUT2D eigenvalue weighted by Gasteiger charge is 2.48. The fraction of sp³-hybridized carbons (Fsp3) is 0.417. The number of hydrogen-bond acceptors (Lipinski definition) is 6. The molecule has 1 aliphatic rings. The van der Waals surface area contributed by atoms with Crippen LogP contribution in [0.15, 0.2) is 73.3 Å². The predicted octanol–water partition coefficient (Wildman–Crippen LogP) is 3.09. The monoisotopic (exact) mass is 414 g/mol. The first kappa shape index (κ1) is 22.6. The van der Waals surface area contributed by atoms with Gasteiger partial charge in [0.05, 0.1) is 26.4 Å². The van der Waals surface area contributed by atoms with Gasteiger partial charge in [-0.2, -0.15) is 0 Å². The zero-order chi connectivity index (χ0) is 21.2. The molecule has 5 atom stereocenters. The van der Waals surface area contributed by atoms with E-state index in [2.05, 4.69) is 6.58 Å². The molecule has 0 amide bonds. The number of hydrogen-bond donors (Lipinski definition) is 1. The van der Waals surface area contributed by atoms with Crippen LogP contribution in [0, 0.1) is 0 Å². The molecule has 0 radical (unpaired) electrons. The Labute approximate surface area is 178 Å². The topological polar surface area (TPSA) is 66.4 Å². The molecule has 2 aromatic carbocycles. The molecule has 1 N–H and O–H groups in total. The van der Waals surface area contributed by atoms with Crippen LogP contribution >= 0.6 is 0 Å². The Morgan fingerprint density at radius 3 is 1.93 bits per heavy atom. The van der Waals surface area contributed by atoms with Gasteiger partial charge >= 0.3 is 0 Å². The molecule has 1 heterocycles. The second-order valence-corrected chi connectivity index (χ2v) is 7.07. The summed E-state index contributed by atoms with van der Waals surface area (Å²) in [6.45, 7) is 4.55. The molecular formula is C24H30O6. The minimum absolute atomic E-state index is 0.224. The second kappa shape index (κ2) is 12.0. The second-order valence-electron chi connectivity index (χ2n) is 7.07. The number of methoxy groups -OCH3 is 1. The van der Waals surface area contributed by atoms with Crippen molar-refractivity contribution in [2.45, 2.75) is 43.9 Å². The molecule has 30 heavy (non-hydrogen) atoms. The van der Waals surface area contributed by atoms with E-state index in [1.807, 2.05) is 60.7 Å². The summed E-state index contributed by atoms with van der Waals surface area (Å²) < 4.78 is 29.9. The summed E-state index contributed by atoms with van der Waals surface area (Å²) in [7, 11) is 1.54. The Bertz CT molecular complexity index is 738. The molecule has 0 unspecified atom stereocenters. The van der Waals surface area contributed by atoms with Crippen molar-refractivity contribution in [1.82, 2.24) is 0 Å². The van der Waals surface area contributed by atoms with E-state index in [-0.39, 0.29) is 6.61 Å². The summed E-state index contributed by atoms with van der Waals surface area (Å²) in [6.07, 6.45) is -1.23. The van der Waals surface area contributed by atoms with E-state index in [4.69, 9.17) is 23.7 Å². The zero-order valence-electron chi connectivity index (χ0n) is 17.3. The van der Waals surface area contributed by atoms with Crippen LogP contribution in [0.3, 0.4) is 0 Å². The highest BCUT2D eigenvalue weighted by atomic mass is 16.7. The SMILES string of the molecule is C=CCO[C@H]1[C@@H](OC)O[C@@H](CO)[C@@H](OCc2ccccc2)[C@@H]1OCc1ccccc1. The van der Waals surface area contributed by atoms with Crippen LogP contribution < -0.4 is 0 Å². The van der Waals surface area contributed by atoms with Crippen LogP contribution in [0.1, 0.15) is 11.1 Å². The van der Waals surface area contributed by atoms with Crippen molar-refractivity contribution in [2.24, 2.45) is 0 Å². The van der Waals surface area contributed by atoms with Crippen LogP contribution in [0.4, 0.5) is 0 Å². The summed E-state index contributed by atoms with van der Waals surface area (Å²) >= 11 is 0. The van der Waals surface area contributed by atoms with Gasteiger partial charge in [0.1, 0.15) is 24.4 Å². The molecule has 3 rings (SSSR count). The summed E-state index contributed by atoms with van der Waals surface area (Å²) in [5.74, 6) is 0. The molecule has 0 aromatic heterocycles. The number of rotatable bonds is 11. The molecule has 2 aromatic rings. The van der Waals surface area contributed by atoms with Crippen LogP contribution in [0.2, 0.25) is 0 Å². The summed E-state index contributed by atoms with van der Waals surface area (Å²) in [5, 5.41) is 9.96. The molecule has 1 saturated heterocycles. The molecule has 0 aliphatic carbocycles. The highest BCUT2D eigenvalue weighted by Crippen LogP contribution is 2.30. The molecular weight excluding hydrogens is 384 g/mol. The Morgan fingerprint density at radius 1 is 0.867 bits per heavy atom. The number of benzene rings is 2. The smallest absolute Gasteiger partial charge is 0.186 e. The van der Waals surface area contributed by atoms with Crippen LogP contribution in [0.25, 0.3) is 0 Å². The lowest BCUT2D eigenvalue weighted by Crippen LogP contribution is -2.61. The number of ether oxygens (including phenoxy) is 5. The van der Waals surface area contributed by atoms with Gasteiger partial charge in [-0.3, -0.25) is 0 Å². The fourth-order valence-electron chi connectivity index (χ4n) is 3.49. The van der Waals surface area contributed by atoms with Crippen molar-refractivity contribution in [2.75, 3.05) is 20.3 Å². The van der Waals surface area contributed by atoms with Gasteiger partial charge in [0, 0.05) is 7.11 Å². The van der Waals surface area contributed by atoms with E-state index in [1.165, 1.54) is 0 Å². The average Bonchev–Trinajstić information content (AvgIpc) is 2.81. The third-order valence-corrected chi connectivity index (χ3v) is 4.98. The molecule has 1 fully saturated rings. The van der Waals surface area contributed by atoms with E-state index in [1.54, 1.807) is 13.2 Å². The summed E-state index contributed by atoms with van der Waals surface area (Å²) in [5.41, 5.74) is 2.05.